The predicted molar refractivity (Wildman–Crippen MR) is 112 cm³/mol. The van der Waals surface area contributed by atoms with Gasteiger partial charge in [-0.3, -0.25) is 4.99 Å². The van der Waals surface area contributed by atoms with Gasteiger partial charge in [0.1, 0.15) is 5.75 Å². The number of hydrogen-bond donors (Lipinski definition) is 2. The lowest BCUT2D eigenvalue weighted by molar-refractivity contribution is -0.0504. The lowest BCUT2D eigenvalue weighted by atomic mass is 10.1. The lowest BCUT2D eigenvalue weighted by Crippen LogP contribution is -2.40. The van der Waals surface area contributed by atoms with Crippen LogP contribution < -0.4 is 15.4 Å². The molecule has 0 aliphatic carbocycles. The predicted octanol–water partition coefficient (Wildman–Crippen LogP) is 3.57. The van der Waals surface area contributed by atoms with Crippen LogP contribution in [0.1, 0.15) is 18.9 Å². The van der Waals surface area contributed by atoms with Crippen LogP contribution in [0.25, 0.3) is 0 Å². The Morgan fingerprint density at radius 2 is 2.19 bits per heavy atom. The van der Waals surface area contributed by atoms with E-state index >= 15 is 0 Å². The smallest absolute Gasteiger partial charge is 0.387 e. The lowest BCUT2D eigenvalue weighted by Gasteiger charge is -2.17. The minimum Gasteiger partial charge on any atom is -0.434 e. The van der Waals surface area contributed by atoms with E-state index in [9.17, 15) is 8.78 Å². The van der Waals surface area contributed by atoms with Gasteiger partial charge in [0, 0.05) is 37.3 Å². The molecule has 26 heavy (non-hydrogen) atoms. The van der Waals surface area contributed by atoms with Gasteiger partial charge in [-0.2, -0.15) is 8.78 Å². The average molecular weight is 503 g/mol. The first-order chi connectivity index (χ1) is 12.0. The van der Waals surface area contributed by atoms with Crippen LogP contribution in [0.15, 0.2) is 23.2 Å². The maximum atomic E-state index is 12.5. The van der Waals surface area contributed by atoms with E-state index in [0.717, 1.165) is 26.2 Å². The van der Waals surface area contributed by atoms with Crippen molar-refractivity contribution >= 4 is 41.5 Å². The third kappa shape index (κ3) is 7.40. The second-order valence-electron chi connectivity index (χ2n) is 5.99. The molecule has 148 valence electrons. The third-order valence-corrected chi connectivity index (χ3v) is 4.52. The van der Waals surface area contributed by atoms with Gasteiger partial charge in [0.05, 0.1) is 0 Å². The first-order valence-corrected chi connectivity index (χ1v) is 8.79. The molecule has 1 heterocycles. The second-order valence-corrected chi connectivity index (χ2v) is 6.42. The van der Waals surface area contributed by atoms with E-state index < -0.39 is 6.61 Å². The molecule has 1 aromatic rings. The van der Waals surface area contributed by atoms with Gasteiger partial charge >= 0.3 is 6.61 Å². The molecule has 5 nitrogen and oxygen atoms in total. The number of aliphatic imine (C=N–C) groups is 1. The molecule has 1 aliphatic rings. The summed E-state index contributed by atoms with van der Waals surface area (Å²) in [6, 6.07) is 4.57. The number of rotatable bonds is 7. The summed E-state index contributed by atoms with van der Waals surface area (Å²) in [6.45, 7) is 3.69. The van der Waals surface area contributed by atoms with Crippen molar-refractivity contribution in [3.8, 4) is 5.75 Å². The molecule has 0 radical (unpaired) electrons. The Labute approximate surface area is 175 Å². The molecule has 1 fully saturated rings. The molecule has 1 atom stereocenters. The summed E-state index contributed by atoms with van der Waals surface area (Å²) < 4.78 is 29.5. The van der Waals surface area contributed by atoms with Crippen LogP contribution in [-0.4, -0.2) is 50.7 Å². The number of hydrogen-bond acceptors (Lipinski definition) is 3. The molecule has 9 heteroatoms. The van der Waals surface area contributed by atoms with E-state index in [-0.39, 0.29) is 36.3 Å². The molecule has 0 spiro atoms. The van der Waals surface area contributed by atoms with E-state index in [4.69, 9.17) is 11.6 Å². The zero-order valence-electron chi connectivity index (χ0n) is 15.0. The van der Waals surface area contributed by atoms with E-state index in [0.29, 0.717) is 22.5 Å². The van der Waals surface area contributed by atoms with Crippen molar-refractivity contribution in [2.45, 2.75) is 26.5 Å². The highest BCUT2D eigenvalue weighted by Crippen LogP contribution is 2.24. The molecule has 2 rings (SSSR count). The Kier molecular flexibility index (Phi) is 10.5. The molecule has 2 N–H and O–H groups in total. The fraction of sp³-hybridized carbons (Fsp3) is 0.588. The van der Waals surface area contributed by atoms with Crippen molar-refractivity contribution in [2.75, 3.05) is 33.2 Å². The summed E-state index contributed by atoms with van der Waals surface area (Å²) in [4.78, 5) is 6.59. The summed E-state index contributed by atoms with van der Waals surface area (Å²) in [7, 11) is 1.68. The number of likely N-dealkylation sites (tertiary alicyclic amines) is 1. The summed E-state index contributed by atoms with van der Waals surface area (Å²) in [5.41, 5.74) is 0.550. The van der Waals surface area contributed by atoms with Crippen molar-refractivity contribution in [3.05, 3.63) is 28.8 Å². The highest BCUT2D eigenvalue weighted by Gasteiger charge is 2.21. The Bertz CT molecular complexity index is 592. The van der Waals surface area contributed by atoms with E-state index in [1.165, 1.54) is 18.6 Å². The Hall–Kier alpha value is -0.870. The van der Waals surface area contributed by atoms with Gasteiger partial charge in [-0.25, -0.2) is 0 Å². The van der Waals surface area contributed by atoms with Gasteiger partial charge in [-0.05, 0) is 43.6 Å². The molecule has 0 aromatic heterocycles. The zero-order chi connectivity index (χ0) is 18.2. The monoisotopic (exact) mass is 502 g/mol. The minimum absolute atomic E-state index is 0. The van der Waals surface area contributed by atoms with Gasteiger partial charge in [0.15, 0.2) is 5.96 Å². The number of benzene rings is 1. The van der Waals surface area contributed by atoms with Crippen LogP contribution in [0, 0.1) is 5.92 Å². The fourth-order valence-electron chi connectivity index (χ4n) is 2.90. The summed E-state index contributed by atoms with van der Waals surface area (Å²) >= 11 is 5.96. The van der Waals surface area contributed by atoms with Gasteiger partial charge in [-0.1, -0.05) is 18.5 Å². The molecular formula is C17H26ClF2IN4O. The van der Waals surface area contributed by atoms with Crippen LogP contribution in [-0.2, 0) is 6.54 Å². The largest absolute Gasteiger partial charge is 0.434 e. The number of nitrogens with zero attached hydrogens (tertiary/aromatic N) is 2. The Balaban J connectivity index is 0.00000338. The van der Waals surface area contributed by atoms with Gasteiger partial charge < -0.3 is 20.3 Å². The van der Waals surface area contributed by atoms with Crippen molar-refractivity contribution < 1.29 is 13.5 Å². The number of guanidine groups is 1. The standard InChI is InChI=1S/C17H25ClF2N4O.HI/c1-3-24-7-6-12(11-24)9-22-17(21-2)23-10-13-8-14(18)4-5-15(13)25-16(19)20;/h4-5,8,12,16H,3,6-7,9-11H2,1-2H3,(H2,21,22,23);1H. The maximum absolute atomic E-state index is 12.5. The highest BCUT2D eigenvalue weighted by atomic mass is 127. The molecular weight excluding hydrogens is 477 g/mol. The number of halogens is 4. The van der Waals surface area contributed by atoms with Crippen LogP contribution >= 0.6 is 35.6 Å². The SMILES string of the molecule is CCN1CCC(CNC(=NC)NCc2cc(Cl)ccc2OC(F)F)C1.I. The van der Waals surface area contributed by atoms with Crippen molar-refractivity contribution in [2.24, 2.45) is 10.9 Å². The Morgan fingerprint density at radius 3 is 2.81 bits per heavy atom. The molecule has 1 saturated heterocycles. The average Bonchev–Trinajstić information content (AvgIpc) is 3.05. The molecule has 0 bridgehead atoms. The van der Waals surface area contributed by atoms with E-state index in [2.05, 4.69) is 32.2 Å². The molecule has 1 unspecified atom stereocenters. The number of ether oxygens (including phenoxy) is 1. The molecule has 0 saturated carbocycles. The van der Waals surface area contributed by atoms with Crippen LogP contribution in [0.3, 0.4) is 0 Å². The topological polar surface area (TPSA) is 48.9 Å². The normalized spacial score (nSPS) is 17.9. The zero-order valence-corrected chi connectivity index (χ0v) is 18.1. The molecule has 1 aromatic carbocycles. The van der Waals surface area contributed by atoms with Crippen LogP contribution in [0.2, 0.25) is 5.02 Å². The van der Waals surface area contributed by atoms with E-state index in [1.54, 1.807) is 13.1 Å². The third-order valence-electron chi connectivity index (χ3n) is 4.28. The molecule has 0 amide bonds. The molecule has 1 aliphatic heterocycles. The maximum Gasteiger partial charge on any atom is 0.387 e. The van der Waals surface area contributed by atoms with Crippen molar-refractivity contribution in [3.63, 3.8) is 0 Å². The van der Waals surface area contributed by atoms with Crippen molar-refractivity contribution in [1.82, 2.24) is 15.5 Å². The quantitative estimate of drug-likeness (QED) is 0.340. The second kappa shape index (κ2) is 11.8. The first kappa shape index (κ1) is 23.2. The van der Waals surface area contributed by atoms with E-state index in [1.807, 2.05) is 0 Å². The summed E-state index contributed by atoms with van der Waals surface area (Å²) in [5.74, 6) is 1.32. The first-order valence-electron chi connectivity index (χ1n) is 8.42. The van der Waals surface area contributed by atoms with Gasteiger partial charge in [0.25, 0.3) is 0 Å². The summed E-state index contributed by atoms with van der Waals surface area (Å²) in [5, 5.41) is 6.87. The summed E-state index contributed by atoms with van der Waals surface area (Å²) in [6.07, 6.45) is 1.17. The van der Waals surface area contributed by atoms with Crippen LogP contribution in [0.4, 0.5) is 8.78 Å². The minimum atomic E-state index is -2.87. The highest BCUT2D eigenvalue weighted by molar-refractivity contribution is 14.0. The van der Waals surface area contributed by atoms with Crippen molar-refractivity contribution in [1.29, 1.82) is 0 Å². The number of alkyl halides is 2. The fourth-order valence-corrected chi connectivity index (χ4v) is 3.10. The Morgan fingerprint density at radius 1 is 1.42 bits per heavy atom. The number of nitrogens with one attached hydrogen (secondary N) is 2. The van der Waals surface area contributed by atoms with Crippen LogP contribution in [0.5, 0.6) is 5.75 Å². The van der Waals surface area contributed by atoms with Gasteiger partial charge in [-0.15, -0.1) is 24.0 Å². The van der Waals surface area contributed by atoms with Gasteiger partial charge in [0.2, 0.25) is 0 Å².